The quantitative estimate of drug-likeness (QED) is 0.731. The predicted molar refractivity (Wildman–Crippen MR) is 49.5 cm³/mol. The summed E-state index contributed by atoms with van der Waals surface area (Å²) in [5.74, 6) is -1.13. The lowest BCUT2D eigenvalue weighted by Gasteiger charge is -2.39. The molecule has 2 unspecified atom stereocenters. The second-order valence-electron chi connectivity index (χ2n) is 3.90. The van der Waals surface area contributed by atoms with Crippen molar-refractivity contribution in [2.45, 2.75) is 25.9 Å². The highest BCUT2D eigenvalue weighted by molar-refractivity contribution is 5.76. The zero-order valence-electron chi connectivity index (χ0n) is 8.44. The molecule has 1 aliphatic heterocycles. The van der Waals surface area contributed by atoms with E-state index in [0.29, 0.717) is 0 Å². The Morgan fingerprint density at radius 1 is 1.53 bits per heavy atom. The number of nitrogens with zero attached hydrogens (tertiary/aromatic N) is 1. The molecule has 1 amide bonds. The largest absolute Gasteiger partial charge is 0.481 e. The van der Waals surface area contributed by atoms with Crippen molar-refractivity contribution in [2.24, 2.45) is 5.41 Å². The molecule has 5 nitrogen and oxygen atoms in total. The number of halogens is 1. The van der Waals surface area contributed by atoms with Crippen LogP contribution in [0.3, 0.4) is 0 Å². The molecular weight excluding hydrogens is 205 g/mol. The summed E-state index contributed by atoms with van der Waals surface area (Å²) in [5, 5.41) is 17.8. The molecule has 86 valence electrons. The van der Waals surface area contributed by atoms with Gasteiger partial charge in [0.15, 0.2) is 0 Å². The zero-order chi connectivity index (χ0) is 11.6. The Bertz CT molecular complexity index is 283. The maximum Gasteiger partial charge on any atom is 0.407 e. The Morgan fingerprint density at radius 2 is 2.13 bits per heavy atom. The summed E-state index contributed by atoms with van der Waals surface area (Å²) in [6, 6.07) is 0. The van der Waals surface area contributed by atoms with Crippen LogP contribution < -0.4 is 0 Å². The second kappa shape index (κ2) is 4.04. The first kappa shape index (κ1) is 11.7. The molecule has 0 aliphatic carbocycles. The molecule has 1 fully saturated rings. The van der Waals surface area contributed by atoms with Crippen molar-refractivity contribution in [3.63, 3.8) is 0 Å². The molecule has 0 aromatic rings. The Kier molecular flexibility index (Phi) is 3.16. The molecule has 1 heterocycles. The predicted octanol–water partition coefficient (Wildman–Crippen LogP) is 1.19. The molecule has 6 heteroatoms. The molecule has 1 rings (SSSR count). The number of carbonyl (C=O) groups is 2. The lowest BCUT2D eigenvalue weighted by molar-refractivity contribution is -0.154. The van der Waals surface area contributed by atoms with Crippen LogP contribution >= 0.6 is 0 Å². The number of hydrogen-bond acceptors (Lipinski definition) is 2. The summed E-state index contributed by atoms with van der Waals surface area (Å²) in [6.07, 6.45) is -2.54. The smallest absolute Gasteiger partial charge is 0.407 e. The van der Waals surface area contributed by atoms with E-state index < -0.39 is 23.6 Å². The Balaban J connectivity index is 2.90. The van der Waals surface area contributed by atoms with Gasteiger partial charge in [0.1, 0.15) is 6.17 Å². The number of piperidine rings is 1. The van der Waals surface area contributed by atoms with E-state index in [1.54, 1.807) is 6.92 Å². The van der Waals surface area contributed by atoms with Crippen LogP contribution in [0.1, 0.15) is 19.8 Å². The third-order valence-electron chi connectivity index (χ3n) is 2.93. The molecule has 15 heavy (non-hydrogen) atoms. The van der Waals surface area contributed by atoms with Crippen molar-refractivity contribution in [1.82, 2.24) is 4.90 Å². The lowest BCUT2D eigenvalue weighted by Crippen LogP contribution is -2.53. The highest BCUT2D eigenvalue weighted by Crippen LogP contribution is 2.34. The maximum atomic E-state index is 13.3. The molecule has 0 spiro atoms. The third kappa shape index (κ3) is 2.19. The highest BCUT2D eigenvalue weighted by Gasteiger charge is 2.46. The van der Waals surface area contributed by atoms with Crippen molar-refractivity contribution in [3.05, 3.63) is 0 Å². The number of likely N-dealkylation sites (tertiary alicyclic amines) is 1. The van der Waals surface area contributed by atoms with Gasteiger partial charge in [-0.1, -0.05) is 6.92 Å². The van der Waals surface area contributed by atoms with Crippen LogP contribution in [0, 0.1) is 5.41 Å². The molecule has 0 aromatic carbocycles. The van der Waals surface area contributed by atoms with Gasteiger partial charge in [-0.05, 0) is 12.8 Å². The summed E-state index contributed by atoms with van der Waals surface area (Å²) in [7, 11) is 0. The summed E-state index contributed by atoms with van der Waals surface area (Å²) in [4.78, 5) is 22.6. The topological polar surface area (TPSA) is 77.8 Å². The van der Waals surface area contributed by atoms with Gasteiger partial charge in [-0.3, -0.25) is 4.79 Å². The third-order valence-corrected chi connectivity index (χ3v) is 2.93. The van der Waals surface area contributed by atoms with Gasteiger partial charge < -0.3 is 15.1 Å². The van der Waals surface area contributed by atoms with E-state index in [9.17, 15) is 14.0 Å². The number of carboxylic acid groups (broad SMARTS) is 2. The van der Waals surface area contributed by atoms with Crippen LogP contribution in [0.4, 0.5) is 9.18 Å². The average molecular weight is 219 g/mol. The minimum Gasteiger partial charge on any atom is -0.481 e. The first-order valence-electron chi connectivity index (χ1n) is 4.76. The SMILES string of the molecule is CCC1(C(=O)O)CC(F)CN(C(=O)O)C1. The normalized spacial score (nSPS) is 31.3. The Labute approximate surface area is 86.5 Å². The van der Waals surface area contributed by atoms with Gasteiger partial charge in [-0.25, -0.2) is 9.18 Å². The number of rotatable bonds is 2. The monoisotopic (exact) mass is 219 g/mol. The minimum absolute atomic E-state index is 0.109. The fraction of sp³-hybridized carbons (Fsp3) is 0.778. The summed E-state index contributed by atoms with van der Waals surface area (Å²) in [6.45, 7) is 1.27. The van der Waals surface area contributed by atoms with Crippen molar-refractivity contribution < 1.29 is 24.2 Å². The molecule has 0 bridgehead atoms. The summed E-state index contributed by atoms with van der Waals surface area (Å²) in [5.41, 5.74) is -1.27. The minimum atomic E-state index is -1.40. The van der Waals surface area contributed by atoms with Gasteiger partial charge in [0, 0.05) is 6.54 Å². The highest BCUT2D eigenvalue weighted by atomic mass is 19.1. The van der Waals surface area contributed by atoms with E-state index in [0.717, 1.165) is 4.90 Å². The van der Waals surface area contributed by atoms with E-state index >= 15 is 0 Å². The van der Waals surface area contributed by atoms with E-state index in [-0.39, 0.29) is 25.9 Å². The van der Waals surface area contributed by atoms with E-state index in [1.807, 2.05) is 0 Å². The van der Waals surface area contributed by atoms with Crippen molar-refractivity contribution in [2.75, 3.05) is 13.1 Å². The number of carboxylic acids is 1. The Morgan fingerprint density at radius 3 is 2.53 bits per heavy atom. The van der Waals surface area contributed by atoms with Crippen LogP contribution in [0.15, 0.2) is 0 Å². The zero-order valence-corrected chi connectivity index (χ0v) is 8.44. The molecular formula is C9H14FNO4. The second-order valence-corrected chi connectivity index (χ2v) is 3.90. The molecule has 0 aromatic heterocycles. The molecule has 1 saturated heterocycles. The number of hydrogen-bond donors (Lipinski definition) is 2. The summed E-state index contributed by atoms with van der Waals surface area (Å²) >= 11 is 0. The average Bonchev–Trinajstić information content (AvgIpc) is 2.16. The van der Waals surface area contributed by atoms with E-state index in [4.69, 9.17) is 10.2 Å². The standard InChI is InChI=1S/C9H14FNO4/c1-2-9(7(12)13)3-6(10)4-11(5-9)8(14)15/h6H,2-5H2,1H3,(H,12,13)(H,14,15). The number of amides is 1. The Hall–Kier alpha value is -1.33. The van der Waals surface area contributed by atoms with Gasteiger partial charge in [0.2, 0.25) is 0 Å². The van der Waals surface area contributed by atoms with Crippen LogP contribution in [0.25, 0.3) is 0 Å². The first-order chi connectivity index (χ1) is 6.91. The fourth-order valence-corrected chi connectivity index (χ4v) is 1.93. The van der Waals surface area contributed by atoms with Crippen molar-refractivity contribution in [1.29, 1.82) is 0 Å². The molecule has 2 atom stereocenters. The lowest BCUT2D eigenvalue weighted by atomic mass is 9.77. The first-order valence-corrected chi connectivity index (χ1v) is 4.76. The number of alkyl halides is 1. The van der Waals surface area contributed by atoms with Crippen LogP contribution in [-0.4, -0.2) is 46.4 Å². The van der Waals surface area contributed by atoms with Crippen molar-refractivity contribution >= 4 is 12.1 Å². The number of aliphatic carboxylic acids is 1. The van der Waals surface area contributed by atoms with Gasteiger partial charge in [0.05, 0.1) is 12.0 Å². The fourth-order valence-electron chi connectivity index (χ4n) is 1.93. The van der Waals surface area contributed by atoms with Crippen LogP contribution in [0.5, 0.6) is 0 Å². The maximum absolute atomic E-state index is 13.3. The summed E-state index contributed by atoms with van der Waals surface area (Å²) < 4.78 is 13.3. The van der Waals surface area contributed by atoms with E-state index in [1.165, 1.54) is 0 Å². The molecule has 1 aliphatic rings. The molecule has 0 saturated carbocycles. The van der Waals surface area contributed by atoms with Crippen LogP contribution in [-0.2, 0) is 4.79 Å². The van der Waals surface area contributed by atoms with Gasteiger partial charge in [-0.15, -0.1) is 0 Å². The van der Waals surface area contributed by atoms with Crippen LogP contribution in [0.2, 0.25) is 0 Å². The van der Waals surface area contributed by atoms with Gasteiger partial charge in [-0.2, -0.15) is 0 Å². The molecule has 2 N–H and O–H groups in total. The van der Waals surface area contributed by atoms with E-state index in [2.05, 4.69) is 0 Å². The van der Waals surface area contributed by atoms with Gasteiger partial charge in [0.25, 0.3) is 0 Å². The van der Waals surface area contributed by atoms with Crippen molar-refractivity contribution in [3.8, 4) is 0 Å². The van der Waals surface area contributed by atoms with Gasteiger partial charge >= 0.3 is 12.1 Å². The molecule has 0 radical (unpaired) electrons.